The van der Waals surface area contributed by atoms with Gasteiger partial charge in [-0.1, -0.05) is 12.1 Å². The maximum Gasteiger partial charge on any atom is 0.407 e. The van der Waals surface area contributed by atoms with E-state index in [0.29, 0.717) is 18.8 Å². The summed E-state index contributed by atoms with van der Waals surface area (Å²) in [6, 6.07) is 7.32. The van der Waals surface area contributed by atoms with Crippen molar-refractivity contribution in [3.8, 4) is 0 Å². The Balaban J connectivity index is 2.08. The van der Waals surface area contributed by atoms with Crippen molar-refractivity contribution in [3.05, 3.63) is 35.4 Å². The Morgan fingerprint density at radius 3 is 2.46 bits per heavy atom. The van der Waals surface area contributed by atoms with Crippen LogP contribution in [0.1, 0.15) is 49.0 Å². The van der Waals surface area contributed by atoms with Gasteiger partial charge in [0.2, 0.25) is 0 Å². The van der Waals surface area contributed by atoms with Crippen molar-refractivity contribution < 1.29 is 19.1 Å². The fraction of sp³-hybridized carbons (Fsp3) is 0.556. The van der Waals surface area contributed by atoms with Crippen LogP contribution in [0.3, 0.4) is 0 Å². The molecule has 1 aromatic rings. The first-order valence-corrected chi connectivity index (χ1v) is 8.19. The van der Waals surface area contributed by atoms with Gasteiger partial charge in [0.15, 0.2) is 0 Å². The number of alkyl carbamates (subject to hydrolysis) is 1. The Bertz CT molecular complexity index is 578. The van der Waals surface area contributed by atoms with E-state index in [1.165, 1.54) is 0 Å². The Labute approximate surface area is 142 Å². The summed E-state index contributed by atoms with van der Waals surface area (Å²) in [7, 11) is 1.61. The molecule has 1 fully saturated rings. The van der Waals surface area contributed by atoms with Crippen LogP contribution in [0.4, 0.5) is 4.79 Å². The molecule has 2 unspecified atom stereocenters. The molecule has 2 rings (SSSR count). The fourth-order valence-electron chi connectivity index (χ4n) is 2.76. The van der Waals surface area contributed by atoms with Crippen LogP contribution in [-0.4, -0.2) is 43.9 Å². The third-order valence-corrected chi connectivity index (χ3v) is 3.89. The molecule has 2 amide bonds. The number of hydrogen-bond acceptors (Lipinski definition) is 4. The van der Waals surface area contributed by atoms with Crippen molar-refractivity contribution in [1.82, 2.24) is 10.6 Å². The van der Waals surface area contributed by atoms with E-state index in [4.69, 9.17) is 9.47 Å². The molecule has 1 aromatic carbocycles. The summed E-state index contributed by atoms with van der Waals surface area (Å²) < 4.78 is 10.8. The van der Waals surface area contributed by atoms with E-state index in [2.05, 4.69) is 10.6 Å². The van der Waals surface area contributed by atoms with Crippen molar-refractivity contribution >= 4 is 12.0 Å². The SMILES string of the molecule is CNC(=O)c1ccc(C2CCOCC2NC(=O)OC(C)(C)C)cc1. The number of hydrogen-bond donors (Lipinski definition) is 2. The molecule has 0 bridgehead atoms. The summed E-state index contributed by atoms with van der Waals surface area (Å²) in [5.41, 5.74) is 1.15. The number of ether oxygens (including phenoxy) is 2. The van der Waals surface area contributed by atoms with E-state index in [9.17, 15) is 9.59 Å². The summed E-state index contributed by atoms with van der Waals surface area (Å²) in [6.45, 7) is 6.59. The van der Waals surface area contributed by atoms with Gasteiger partial charge in [-0.3, -0.25) is 4.79 Å². The molecule has 1 aliphatic rings. The number of amides is 2. The lowest BCUT2D eigenvalue weighted by molar-refractivity contribution is 0.0291. The van der Waals surface area contributed by atoms with Gasteiger partial charge in [-0.05, 0) is 44.9 Å². The molecule has 1 saturated heterocycles. The number of carbonyl (C=O) groups is 2. The van der Waals surface area contributed by atoms with Crippen LogP contribution in [0.15, 0.2) is 24.3 Å². The van der Waals surface area contributed by atoms with E-state index < -0.39 is 11.7 Å². The molecule has 0 spiro atoms. The minimum absolute atomic E-state index is 0.114. The van der Waals surface area contributed by atoms with Crippen LogP contribution < -0.4 is 10.6 Å². The Morgan fingerprint density at radius 2 is 1.88 bits per heavy atom. The average molecular weight is 334 g/mol. The summed E-state index contributed by atoms with van der Waals surface area (Å²) in [4.78, 5) is 23.7. The zero-order valence-corrected chi connectivity index (χ0v) is 14.7. The van der Waals surface area contributed by atoms with E-state index in [0.717, 1.165) is 12.0 Å². The van der Waals surface area contributed by atoms with E-state index in [1.807, 2.05) is 32.9 Å². The van der Waals surface area contributed by atoms with Crippen LogP contribution in [0, 0.1) is 0 Å². The van der Waals surface area contributed by atoms with Crippen molar-refractivity contribution in [2.24, 2.45) is 0 Å². The van der Waals surface area contributed by atoms with Gasteiger partial charge in [-0.25, -0.2) is 4.79 Å². The lowest BCUT2D eigenvalue weighted by Gasteiger charge is -2.33. The second kappa shape index (κ2) is 7.66. The maximum absolute atomic E-state index is 12.0. The smallest absolute Gasteiger partial charge is 0.407 e. The third kappa shape index (κ3) is 4.96. The van der Waals surface area contributed by atoms with Gasteiger partial charge in [0.1, 0.15) is 5.60 Å². The van der Waals surface area contributed by atoms with E-state index in [-0.39, 0.29) is 17.9 Å². The van der Waals surface area contributed by atoms with Crippen LogP contribution in [-0.2, 0) is 9.47 Å². The second-order valence-corrected chi connectivity index (χ2v) is 6.92. The molecule has 6 nitrogen and oxygen atoms in total. The van der Waals surface area contributed by atoms with Crippen LogP contribution in [0.5, 0.6) is 0 Å². The molecule has 1 heterocycles. The van der Waals surface area contributed by atoms with Crippen molar-refractivity contribution in [3.63, 3.8) is 0 Å². The third-order valence-electron chi connectivity index (χ3n) is 3.89. The van der Waals surface area contributed by atoms with Crippen molar-refractivity contribution in [2.45, 2.75) is 44.8 Å². The highest BCUT2D eigenvalue weighted by Gasteiger charge is 2.30. The molecule has 0 aliphatic carbocycles. The second-order valence-electron chi connectivity index (χ2n) is 6.92. The normalized spacial score (nSPS) is 21.0. The Hall–Kier alpha value is -2.08. The topological polar surface area (TPSA) is 76.7 Å². The molecular weight excluding hydrogens is 308 g/mol. The molecule has 2 N–H and O–H groups in total. The lowest BCUT2D eigenvalue weighted by Crippen LogP contribution is -2.47. The van der Waals surface area contributed by atoms with Gasteiger partial charge in [0.25, 0.3) is 5.91 Å². The highest BCUT2D eigenvalue weighted by molar-refractivity contribution is 5.93. The van der Waals surface area contributed by atoms with Crippen LogP contribution in [0.2, 0.25) is 0 Å². The standard InChI is InChI=1S/C18H26N2O4/c1-18(2,3)24-17(22)20-15-11-23-10-9-14(15)12-5-7-13(8-6-12)16(21)19-4/h5-8,14-15H,9-11H2,1-4H3,(H,19,21)(H,20,22). The molecule has 24 heavy (non-hydrogen) atoms. The van der Waals surface area contributed by atoms with Gasteiger partial charge < -0.3 is 20.1 Å². The van der Waals surface area contributed by atoms with Gasteiger partial charge in [0.05, 0.1) is 12.6 Å². The van der Waals surface area contributed by atoms with Gasteiger partial charge in [-0.2, -0.15) is 0 Å². The quantitative estimate of drug-likeness (QED) is 0.890. The summed E-state index contributed by atoms with van der Waals surface area (Å²) in [5, 5.41) is 5.51. The fourth-order valence-corrected chi connectivity index (χ4v) is 2.76. The number of rotatable bonds is 3. The Morgan fingerprint density at radius 1 is 1.21 bits per heavy atom. The molecular formula is C18H26N2O4. The number of nitrogens with one attached hydrogen (secondary N) is 2. The number of benzene rings is 1. The first-order valence-electron chi connectivity index (χ1n) is 8.19. The summed E-state index contributed by atoms with van der Waals surface area (Å²) in [6.07, 6.45) is 0.366. The minimum Gasteiger partial charge on any atom is -0.444 e. The molecule has 0 saturated carbocycles. The molecule has 1 aliphatic heterocycles. The van der Waals surface area contributed by atoms with E-state index >= 15 is 0 Å². The zero-order chi connectivity index (χ0) is 17.7. The van der Waals surface area contributed by atoms with Gasteiger partial charge >= 0.3 is 6.09 Å². The predicted molar refractivity (Wildman–Crippen MR) is 91.2 cm³/mol. The van der Waals surface area contributed by atoms with E-state index in [1.54, 1.807) is 19.2 Å². The maximum atomic E-state index is 12.0. The van der Waals surface area contributed by atoms with Gasteiger partial charge in [0, 0.05) is 25.1 Å². The Kier molecular flexibility index (Phi) is 5.83. The predicted octanol–water partition coefficient (Wildman–Crippen LogP) is 2.44. The molecule has 0 aromatic heterocycles. The molecule has 6 heteroatoms. The highest BCUT2D eigenvalue weighted by Crippen LogP contribution is 2.28. The summed E-state index contributed by atoms with van der Waals surface area (Å²) >= 11 is 0. The highest BCUT2D eigenvalue weighted by atomic mass is 16.6. The van der Waals surface area contributed by atoms with Crippen LogP contribution >= 0.6 is 0 Å². The van der Waals surface area contributed by atoms with Crippen molar-refractivity contribution in [2.75, 3.05) is 20.3 Å². The molecule has 2 atom stereocenters. The van der Waals surface area contributed by atoms with Crippen LogP contribution in [0.25, 0.3) is 0 Å². The lowest BCUT2D eigenvalue weighted by atomic mass is 9.87. The molecule has 0 radical (unpaired) electrons. The number of carbonyl (C=O) groups excluding carboxylic acids is 2. The molecule has 132 valence electrons. The average Bonchev–Trinajstić information content (AvgIpc) is 2.53. The summed E-state index contributed by atoms with van der Waals surface area (Å²) in [5.74, 6) is 0.0157. The first-order chi connectivity index (χ1) is 11.3. The zero-order valence-electron chi connectivity index (χ0n) is 14.7. The van der Waals surface area contributed by atoms with Crippen molar-refractivity contribution in [1.29, 1.82) is 0 Å². The largest absolute Gasteiger partial charge is 0.444 e. The first kappa shape index (κ1) is 18.3. The monoisotopic (exact) mass is 334 g/mol. The minimum atomic E-state index is -0.537. The van der Waals surface area contributed by atoms with Gasteiger partial charge in [-0.15, -0.1) is 0 Å².